The van der Waals surface area contributed by atoms with Gasteiger partial charge in [-0.25, -0.2) is 0 Å². The second kappa shape index (κ2) is 6.40. The van der Waals surface area contributed by atoms with Gasteiger partial charge in [0.1, 0.15) is 0 Å². The first-order valence-electron chi connectivity index (χ1n) is 6.80. The molecule has 10 heteroatoms. The molecule has 2 aromatic heterocycles. The van der Waals surface area contributed by atoms with Gasteiger partial charge in [-0.1, -0.05) is 22.4 Å². The minimum absolute atomic E-state index is 0.153. The van der Waals surface area contributed by atoms with Gasteiger partial charge in [-0.2, -0.15) is 23.1 Å². The van der Waals surface area contributed by atoms with Crippen molar-refractivity contribution in [1.29, 1.82) is 0 Å². The number of hydrogen-bond acceptors (Lipinski definition) is 7. The standard InChI is InChI=1S/C14H11F3N4O3/c1-22-7-6-10-18-12(23-20-10)9-4-2-8(3-5-9)11-19-13(24-21-11)14(15,16)17/h2-5H,6-7H2,1H3. The van der Waals surface area contributed by atoms with E-state index in [2.05, 4.69) is 24.8 Å². The summed E-state index contributed by atoms with van der Waals surface area (Å²) in [7, 11) is 1.57. The molecule has 3 rings (SSSR count). The molecule has 1 aromatic carbocycles. The summed E-state index contributed by atoms with van der Waals surface area (Å²) in [6, 6.07) is 6.32. The van der Waals surface area contributed by atoms with Crippen LogP contribution in [-0.2, 0) is 17.3 Å². The Kier molecular flexibility index (Phi) is 4.30. The predicted octanol–water partition coefficient (Wildman–Crippen LogP) is 2.99. The number of aromatic nitrogens is 4. The zero-order chi connectivity index (χ0) is 17.2. The Bertz CT molecular complexity index is 811. The van der Waals surface area contributed by atoms with Gasteiger partial charge in [0.05, 0.1) is 6.61 Å². The van der Waals surface area contributed by atoms with Gasteiger partial charge in [0.15, 0.2) is 5.82 Å². The van der Waals surface area contributed by atoms with Crippen molar-refractivity contribution in [3.63, 3.8) is 0 Å². The van der Waals surface area contributed by atoms with Crippen molar-refractivity contribution in [2.75, 3.05) is 13.7 Å². The topological polar surface area (TPSA) is 87.1 Å². The summed E-state index contributed by atoms with van der Waals surface area (Å²) in [5, 5.41) is 7.13. The van der Waals surface area contributed by atoms with Gasteiger partial charge in [0, 0.05) is 24.7 Å². The van der Waals surface area contributed by atoms with Gasteiger partial charge in [0.2, 0.25) is 5.82 Å². The molecule has 0 fully saturated rings. The first kappa shape index (κ1) is 16.1. The lowest BCUT2D eigenvalue weighted by atomic mass is 10.1. The second-order valence-corrected chi connectivity index (χ2v) is 4.76. The number of alkyl halides is 3. The highest BCUT2D eigenvalue weighted by molar-refractivity contribution is 5.61. The summed E-state index contributed by atoms with van der Waals surface area (Å²) in [6.07, 6.45) is -4.16. The number of halogens is 3. The molecular formula is C14H11F3N4O3. The monoisotopic (exact) mass is 340 g/mol. The molecule has 0 amide bonds. The van der Waals surface area contributed by atoms with Gasteiger partial charge in [0.25, 0.3) is 5.89 Å². The molecule has 0 aliphatic carbocycles. The minimum Gasteiger partial charge on any atom is -0.384 e. The van der Waals surface area contributed by atoms with Crippen LogP contribution in [0.4, 0.5) is 13.2 Å². The first-order valence-corrected chi connectivity index (χ1v) is 6.80. The molecule has 0 spiro atoms. The van der Waals surface area contributed by atoms with Crippen LogP contribution in [0.3, 0.4) is 0 Å². The third-order valence-electron chi connectivity index (χ3n) is 3.06. The van der Waals surface area contributed by atoms with E-state index in [0.29, 0.717) is 35.9 Å². The van der Waals surface area contributed by atoms with E-state index in [1.165, 1.54) is 0 Å². The van der Waals surface area contributed by atoms with Gasteiger partial charge >= 0.3 is 12.1 Å². The van der Waals surface area contributed by atoms with Gasteiger partial charge < -0.3 is 13.8 Å². The average molecular weight is 340 g/mol. The summed E-state index contributed by atoms with van der Waals surface area (Å²) in [5.74, 6) is -0.734. The van der Waals surface area contributed by atoms with Crippen molar-refractivity contribution >= 4 is 0 Å². The molecular weight excluding hydrogens is 329 g/mol. The van der Waals surface area contributed by atoms with Crippen LogP contribution < -0.4 is 0 Å². The minimum atomic E-state index is -4.67. The van der Waals surface area contributed by atoms with Crippen LogP contribution in [0.5, 0.6) is 0 Å². The Labute approximate surface area is 133 Å². The largest absolute Gasteiger partial charge is 0.471 e. The molecule has 126 valence electrons. The molecule has 0 unspecified atom stereocenters. The fourth-order valence-electron chi connectivity index (χ4n) is 1.88. The second-order valence-electron chi connectivity index (χ2n) is 4.76. The third kappa shape index (κ3) is 3.43. The van der Waals surface area contributed by atoms with Gasteiger partial charge in [-0.15, -0.1) is 0 Å². The smallest absolute Gasteiger partial charge is 0.384 e. The van der Waals surface area contributed by atoms with Crippen LogP contribution in [0.2, 0.25) is 0 Å². The molecule has 0 atom stereocenters. The quantitative estimate of drug-likeness (QED) is 0.705. The maximum absolute atomic E-state index is 12.5. The average Bonchev–Trinajstić information content (AvgIpc) is 3.22. The lowest BCUT2D eigenvalue weighted by Crippen LogP contribution is -2.04. The highest BCUT2D eigenvalue weighted by atomic mass is 19.4. The van der Waals surface area contributed by atoms with Crippen molar-refractivity contribution < 1.29 is 27.0 Å². The number of methoxy groups -OCH3 is 1. The van der Waals surface area contributed by atoms with Crippen molar-refractivity contribution in [2.24, 2.45) is 0 Å². The number of benzene rings is 1. The maximum Gasteiger partial charge on any atom is 0.471 e. The van der Waals surface area contributed by atoms with Crippen LogP contribution in [0.1, 0.15) is 11.7 Å². The van der Waals surface area contributed by atoms with E-state index >= 15 is 0 Å². The molecule has 2 heterocycles. The lowest BCUT2D eigenvalue weighted by Gasteiger charge is -1.97. The summed E-state index contributed by atoms with van der Waals surface area (Å²) in [4.78, 5) is 7.52. The lowest BCUT2D eigenvalue weighted by molar-refractivity contribution is -0.159. The van der Waals surface area contributed by atoms with Crippen molar-refractivity contribution in [3.8, 4) is 22.8 Å². The van der Waals surface area contributed by atoms with Gasteiger partial charge in [-0.05, 0) is 12.1 Å². The Balaban J connectivity index is 1.78. The summed E-state index contributed by atoms with van der Waals surface area (Å²) < 4.78 is 51.6. The number of hydrogen-bond donors (Lipinski definition) is 0. The normalized spacial score (nSPS) is 11.8. The number of nitrogens with zero attached hydrogens (tertiary/aromatic N) is 4. The van der Waals surface area contributed by atoms with E-state index in [4.69, 9.17) is 9.26 Å². The van der Waals surface area contributed by atoms with E-state index in [1.54, 1.807) is 31.4 Å². The fraction of sp³-hybridized carbons (Fsp3) is 0.286. The van der Waals surface area contributed by atoms with Crippen LogP contribution in [-0.4, -0.2) is 34.0 Å². The Morgan fingerprint density at radius 2 is 1.71 bits per heavy atom. The van der Waals surface area contributed by atoms with Crippen LogP contribution >= 0.6 is 0 Å². The SMILES string of the molecule is COCCc1noc(-c2ccc(-c3noc(C(F)(F)F)n3)cc2)n1. The van der Waals surface area contributed by atoms with Gasteiger partial charge in [-0.3, -0.25) is 0 Å². The van der Waals surface area contributed by atoms with E-state index in [1.807, 2.05) is 0 Å². The van der Waals surface area contributed by atoms with E-state index < -0.39 is 12.1 Å². The number of rotatable bonds is 5. The molecule has 7 nitrogen and oxygen atoms in total. The molecule has 3 aromatic rings. The molecule has 0 aliphatic rings. The molecule has 24 heavy (non-hydrogen) atoms. The highest BCUT2D eigenvalue weighted by Gasteiger charge is 2.38. The van der Waals surface area contributed by atoms with E-state index in [9.17, 15) is 13.2 Å². The van der Waals surface area contributed by atoms with Crippen LogP contribution in [0.15, 0.2) is 33.3 Å². The molecule has 0 radical (unpaired) electrons. The van der Waals surface area contributed by atoms with Crippen LogP contribution in [0, 0.1) is 0 Å². The molecule has 0 saturated carbocycles. The molecule has 0 aliphatic heterocycles. The highest BCUT2D eigenvalue weighted by Crippen LogP contribution is 2.29. The zero-order valence-electron chi connectivity index (χ0n) is 12.4. The number of ether oxygens (including phenoxy) is 1. The summed E-state index contributed by atoms with van der Waals surface area (Å²) in [5.41, 5.74) is 0.992. The molecule has 0 N–H and O–H groups in total. The van der Waals surface area contributed by atoms with E-state index in [-0.39, 0.29) is 5.82 Å². The van der Waals surface area contributed by atoms with Crippen LogP contribution in [0.25, 0.3) is 22.8 Å². The predicted molar refractivity (Wildman–Crippen MR) is 73.6 cm³/mol. The summed E-state index contributed by atoms with van der Waals surface area (Å²) >= 11 is 0. The Morgan fingerprint density at radius 1 is 1.00 bits per heavy atom. The molecule has 0 saturated heterocycles. The zero-order valence-corrected chi connectivity index (χ0v) is 12.4. The third-order valence-corrected chi connectivity index (χ3v) is 3.06. The summed E-state index contributed by atoms with van der Waals surface area (Å²) in [6.45, 7) is 0.470. The first-order chi connectivity index (χ1) is 11.5. The Hall–Kier alpha value is -2.75. The van der Waals surface area contributed by atoms with Crippen molar-refractivity contribution in [1.82, 2.24) is 20.3 Å². The molecule has 0 bridgehead atoms. The fourth-order valence-corrected chi connectivity index (χ4v) is 1.88. The van der Waals surface area contributed by atoms with E-state index in [0.717, 1.165) is 0 Å². The van der Waals surface area contributed by atoms with Crippen molar-refractivity contribution in [2.45, 2.75) is 12.6 Å². The van der Waals surface area contributed by atoms with Crippen molar-refractivity contribution in [3.05, 3.63) is 36.0 Å². The Morgan fingerprint density at radius 3 is 2.33 bits per heavy atom. The maximum atomic E-state index is 12.5.